The SMILES string of the molecule is C=CCn1c(C)cc(-c2csc(Nc3ccc(F)c(Cl)c3)n2)c1C. The predicted octanol–water partition coefficient (Wildman–Crippen LogP) is 5.95. The molecule has 0 spiro atoms. The number of benzene rings is 1. The van der Waals surface area contributed by atoms with Gasteiger partial charge in [-0.3, -0.25) is 0 Å². The normalized spacial score (nSPS) is 10.8. The minimum absolute atomic E-state index is 0.0877. The third-order valence-corrected chi connectivity index (χ3v) is 4.88. The van der Waals surface area contributed by atoms with Crippen molar-refractivity contribution in [2.24, 2.45) is 0 Å². The van der Waals surface area contributed by atoms with E-state index in [4.69, 9.17) is 11.6 Å². The molecule has 2 aromatic heterocycles. The second-order valence-electron chi connectivity index (χ2n) is 5.48. The fourth-order valence-electron chi connectivity index (χ4n) is 2.62. The number of anilines is 2. The Kier molecular flexibility index (Phi) is 4.73. The Morgan fingerprint density at radius 2 is 2.17 bits per heavy atom. The van der Waals surface area contributed by atoms with Gasteiger partial charge in [0.25, 0.3) is 0 Å². The summed E-state index contributed by atoms with van der Waals surface area (Å²) in [4.78, 5) is 4.63. The quantitative estimate of drug-likeness (QED) is 0.569. The Morgan fingerprint density at radius 3 is 2.88 bits per heavy atom. The lowest BCUT2D eigenvalue weighted by Gasteiger charge is -2.05. The van der Waals surface area contributed by atoms with Crippen LogP contribution in [0.5, 0.6) is 0 Å². The number of nitrogens with one attached hydrogen (secondary N) is 1. The largest absolute Gasteiger partial charge is 0.345 e. The van der Waals surface area contributed by atoms with Gasteiger partial charge in [-0.1, -0.05) is 17.7 Å². The molecule has 2 heterocycles. The van der Waals surface area contributed by atoms with Crippen LogP contribution in [0.25, 0.3) is 11.3 Å². The lowest BCUT2D eigenvalue weighted by Crippen LogP contribution is -1.99. The summed E-state index contributed by atoms with van der Waals surface area (Å²) in [6.07, 6.45) is 1.89. The molecule has 0 aliphatic rings. The molecule has 3 rings (SSSR count). The van der Waals surface area contributed by atoms with Gasteiger partial charge in [0.1, 0.15) is 5.82 Å². The number of allylic oxidation sites excluding steroid dienone is 1. The predicted molar refractivity (Wildman–Crippen MR) is 99.9 cm³/mol. The van der Waals surface area contributed by atoms with E-state index in [0.29, 0.717) is 5.69 Å². The van der Waals surface area contributed by atoms with Crippen molar-refractivity contribution < 1.29 is 4.39 Å². The fraction of sp³-hybridized carbons (Fsp3) is 0.167. The molecule has 0 bridgehead atoms. The molecule has 0 aliphatic heterocycles. The van der Waals surface area contributed by atoms with Crippen molar-refractivity contribution in [3.8, 4) is 11.3 Å². The minimum atomic E-state index is -0.434. The molecule has 0 saturated heterocycles. The Hall–Kier alpha value is -2.11. The first-order valence-corrected chi connectivity index (χ1v) is 8.71. The van der Waals surface area contributed by atoms with E-state index in [1.54, 1.807) is 12.1 Å². The van der Waals surface area contributed by atoms with Gasteiger partial charge in [0.05, 0.1) is 10.7 Å². The Bertz CT molecular complexity index is 898. The van der Waals surface area contributed by atoms with Crippen molar-refractivity contribution in [3.63, 3.8) is 0 Å². The second-order valence-corrected chi connectivity index (χ2v) is 6.74. The molecule has 0 fully saturated rings. The van der Waals surface area contributed by atoms with Crippen LogP contribution in [-0.4, -0.2) is 9.55 Å². The molecule has 0 aliphatic carbocycles. The minimum Gasteiger partial charge on any atom is -0.345 e. The van der Waals surface area contributed by atoms with E-state index in [9.17, 15) is 4.39 Å². The van der Waals surface area contributed by atoms with Crippen LogP contribution in [0.3, 0.4) is 0 Å². The Balaban J connectivity index is 1.87. The molecule has 1 N–H and O–H groups in total. The zero-order chi connectivity index (χ0) is 17.3. The summed E-state index contributed by atoms with van der Waals surface area (Å²) >= 11 is 7.31. The second kappa shape index (κ2) is 6.79. The van der Waals surface area contributed by atoms with Crippen LogP contribution in [0.15, 0.2) is 42.3 Å². The lowest BCUT2D eigenvalue weighted by molar-refractivity contribution is 0.628. The molecule has 3 nitrogen and oxygen atoms in total. The third kappa shape index (κ3) is 3.23. The highest BCUT2D eigenvalue weighted by molar-refractivity contribution is 7.14. The van der Waals surface area contributed by atoms with E-state index in [-0.39, 0.29) is 5.02 Å². The molecule has 6 heteroatoms. The van der Waals surface area contributed by atoms with Gasteiger partial charge in [0.15, 0.2) is 5.13 Å². The summed E-state index contributed by atoms with van der Waals surface area (Å²) in [6, 6.07) is 6.65. The number of aryl methyl sites for hydroxylation is 1. The van der Waals surface area contributed by atoms with E-state index < -0.39 is 5.82 Å². The molecule has 0 atom stereocenters. The van der Waals surface area contributed by atoms with Crippen molar-refractivity contribution in [3.05, 3.63) is 64.5 Å². The maximum Gasteiger partial charge on any atom is 0.187 e. The van der Waals surface area contributed by atoms with E-state index in [1.807, 2.05) is 11.5 Å². The van der Waals surface area contributed by atoms with Crippen LogP contribution in [0.4, 0.5) is 15.2 Å². The van der Waals surface area contributed by atoms with Crippen molar-refractivity contribution in [1.29, 1.82) is 0 Å². The highest BCUT2D eigenvalue weighted by Gasteiger charge is 2.13. The summed E-state index contributed by atoms with van der Waals surface area (Å²) in [7, 11) is 0. The standard InChI is InChI=1S/C18H17ClFN3S/c1-4-7-23-11(2)8-14(12(23)3)17-10-24-18(22-17)21-13-5-6-16(20)15(19)9-13/h4-6,8-10H,1,7H2,2-3H3,(H,21,22). The van der Waals surface area contributed by atoms with Crippen molar-refractivity contribution in [1.82, 2.24) is 9.55 Å². The topological polar surface area (TPSA) is 29.9 Å². The molecule has 124 valence electrons. The Morgan fingerprint density at radius 1 is 1.38 bits per heavy atom. The number of rotatable bonds is 5. The summed E-state index contributed by atoms with van der Waals surface area (Å²) in [5.41, 5.74) is 5.07. The van der Waals surface area contributed by atoms with Crippen LogP contribution in [0.1, 0.15) is 11.4 Å². The van der Waals surface area contributed by atoms with Gasteiger partial charge in [-0.25, -0.2) is 9.37 Å². The Labute approximate surface area is 149 Å². The molecule has 0 unspecified atom stereocenters. The first kappa shape index (κ1) is 16.7. The van der Waals surface area contributed by atoms with Gasteiger partial charge in [0.2, 0.25) is 0 Å². The fourth-order valence-corrected chi connectivity index (χ4v) is 3.53. The molecular formula is C18H17ClFN3S. The smallest absolute Gasteiger partial charge is 0.187 e. The summed E-state index contributed by atoms with van der Waals surface area (Å²) in [5, 5.41) is 5.99. The van der Waals surface area contributed by atoms with Crippen molar-refractivity contribution in [2.75, 3.05) is 5.32 Å². The highest BCUT2D eigenvalue weighted by atomic mass is 35.5. The molecule has 24 heavy (non-hydrogen) atoms. The first-order chi connectivity index (χ1) is 11.5. The maximum absolute atomic E-state index is 13.2. The number of nitrogens with zero attached hydrogens (tertiary/aromatic N) is 2. The van der Waals surface area contributed by atoms with Crippen LogP contribution in [-0.2, 0) is 6.54 Å². The maximum atomic E-state index is 13.2. The summed E-state index contributed by atoms with van der Waals surface area (Å²) in [5.74, 6) is -0.434. The van der Waals surface area contributed by atoms with Crippen LogP contribution >= 0.6 is 22.9 Å². The molecule has 0 saturated carbocycles. The summed E-state index contributed by atoms with van der Waals surface area (Å²) < 4.78 is 15.4. The first-order valence-electron chi connectivity index (χ1n) is 7.45. The average Bonchev–Trinajstić information content (AvgIpc) is 3.11. The van der Waals surface area contributed by atoms with Crippen LogP contribution in [0, 0.1) is 19.7 Å². The van der Waals surface area contributed by atoms with Gasteiger partial charge < -0.3 is 9.88 Å². The van der Waals surface area contributed by atoms with Crippen LogP contribution < -0.4 is 5.32 Å². The lowest BCUT2D eigenvalue weighted by atomic mass is 10.2. The van der Waals surface area contributed by atoms with Crippen molar-refractivity contribution >= 4 is 33.8 Å². The van der Waals surface area contributed by atoms with Crippen molar-refractivity contribution in [2.45, 2.75) is 20.4 Å². The number of thiazole rings is 1. The monoisotopic (exact) mass is 361 g/mol. The van der Waals surface area contributed by atoms with Gasteiger partial charge >= 0.3 is 0 Å². The zero-order valence-corrected chi connectivity index (χ0v) is 15.0. The van der Waals surface area contributed by atoms with E-state index in [0.717, 1.165) is 28.6 Å². The van der Waals surface area contributed by atoms with Gasteiger partial charge in [-0.05, 0) is 38.1 Å². The molecular weight excluding hydrogens is 345 g/mol. The molecule has 3 aromatic rings. The molecule has 0 amide bonds. The van der Waals surface area contributed by atoms with Gasteiger partial charge in [-0.15, -0.1) is 17.9 Å². The third-order valence-electron chi connectivity index (χ3n) is 3.84. The molecule has 1 aromatic carbocycles. The van der Waals surface area contributed by atoms with Crippen LogP contribution in [0.2, 0.25) is 5.02 Å². The summed E-state index contributed by atoms with van der Waals surface area (Å²) in [6.45, 7) is 8.74. The number of halogens is 2. The van der Waals surface area contributed by atoms with Gasteiger partial charge in [-0.2, -0.15) is 0 Å². The van der Waals surface area contributed by atoms with E-state index in [2.05, 4.69) is 41.4 Å². The molecule has 0 radical (unpaired) electrons. The van der Waals surface area contributed by atoms with E-state index >= 15 is 0 Å². The number of aromatic nitrogens is 2. The number of hydrogen-bond donors (Lipinski definition) is 1. The van der Waals surface area contributed by atoms with E-state index in [1.165, 1.54) is 23.1 Å². The number of hydrogen-bond acceptors (Lipinski definition) is 3. The average molecular weight is 362 g/mol. The van der Waals surface area contributed by atoms with Gasteiger partial charge in [0, 0.05) is 34.6 Å². The highest BCUT2D eigenvalue weighted by Crippen LogP contribution is 2.31. The zero-order valence-electron chi connectivity index (χ0n) is 13.4.